The molecule has 2 aromatic carbocycles. The lowest BCUT2D eigenvalue weighted by molar-refractivity contribution is -0.129. The quantitative estimate of drug-likeness (QED) is 0.872. The highest BCUT2D eigenvalue weighted by Crippen LogP contribution is 2.34. The molecular weight excluding hydrogens is 328 g/mol. The number of rotatable bonds is 5. The van der Waals surface area contributed by atoms with Gasteiger partial charge in [0.25, 0.3) is 0 Å². The van der Waals surface area contributed by atoms with Gasteiger partial charge in [0.1, 0.15) is 5.71 Å². The molecule has 1 aliphatic rings. The van der Waals surface area contributed by atoms with Crippen LogP contribution in [0.3, 0.4) is 0 Å². The fourth-order valence-corrected chi connectivity index (χ4v) is 3.38. The number of carboxylic acid groups (broad SMARTS) is 1. The van der Waals surface area contributed by atoms with E-state index in [9.17, 15) is 18.3 Å². The minimum Gasteiger partial charge on any atom is -0.477 e. The zero-order valence-corrected chi connectivity index (χ0v) is 13.3. The Hall–Kier alpha value is -2.77. The van der Waals surface area contributed by atoms with Crippen LogP contribution in [0.5, 0.6) is 0 Å². The van der Waals surface area contributed by atoms with Gasteiger partial charge < -0.3 is 5.11 Å². The molecular formula is C17H14N2O4S. The standard InChI is InChI=1S/C17H14N2O4S/c20-17(21)16-15(13-8-4-5-9-14(13)18-16)19-24(22,23)11-10-12-6-2-1-3-7-12/h1-11,15,19H,(H,20,21). The van der Waals surface area contributed by atoms with E-state index in [4.69, 9.17) is 0 Å². The number of carboxylic acids is 1. The second-order valence-electron chi connectivity index (χ2n) is 5.17. The van der Waals surface area contributed by atoms with E-state index < -0.39 is 22.0 Å². The number of aliphatic carboxylic acids is 1. The summed E-state index contributed by atoms with van der Waals surface area (Å²) in [6.45, 7) is 0. The number of hydrogen-bond donors (Lipinski definition) is 2. The van der Waals surface area contributed by atoms with Crippen molar-refractivity contribution in [2.45, 2.75) is 6.04 Å². The number of fused-ring (bicyclic) bond motifs is 1. The Labute approximate surface area is 139 Å². The van der Waals surface area contributed by atoms with Crippen molar-refractivity contribution in [2.24, 2.45) is 4.99 Å². The molecule has 1 unspecified atom stereocenters. The highest BCUT2D eigenvalue weighted by molar-refractivity contribution is 7.92. The molecule has 0 fully saturated rings. The summed E-state index contributed by atoms with van der Waals surface area (Å²) in [5, 5.41) is 10.3. The molecule has 0 bridgehead atoms. The maximum atomic E-state index is 12.3. The van der Waals surface area contributed by atoms with Gasteiger partial charge in [-0.2, -0.15) is 4.72 Å². The van der Waals surface area contributed by atoms with Gasteiger partial charge in [0.15, 0.2) is 0 Å². The maximum absolute atomic E-state index is 12.3. The highest BCUT2D eigenvalue weighted by atomic mass is 32.2. The van der Waals surface area contributed by atoms with E-state index in [-0.39, 0.29) is 5.71 Å². The van der Waals surface area contributed by atoms with Crippen molar-refractivity contribution in [1.29, 1.82) is 0 Å². The van der Waals surface area contributed by atoms with Gasteiger partial charge in [-0.1, -0.05) is 48.5 Å². The molecule has 2 aromatic rings. The monoisotopic (exact) mass is 342 g/mol. The molecule has 7 heteroatoms. The fourth-order valence-electron chi connectivity index (χ4n) is 2.40. The van der Waals surface area contributed by atoms with Crippen molar-refractivity contribution in [3.8, 4) is 0 Å². The molecule has 2 N–H and O–H groups in total. The number of nitrogens with zero attached hydrogens (tertiary/aromatic N) is 1. The molecule has 0 spiro atoms. The molecule has 0 aromatic heterocycles. The van der Waals surface area contributed by atoms with E-state index in [0.717, 1.165) is 11.0 Å². The number of aliphatic imine (C=N–C) groups is 1. The molecule has 6 nitrogen and oxygen atoms in total. The molecule has 0 amide bonds. The van der Waals surface area contributed by atoms with Gasteiger partial charge in [-0.25, -0.2) is 18.2 Å². The molecule has 24 heavy (non-hydrogen) atoms. The predicted molar refractivity (Wildman–Crippen MR) is 91.4 cm³/mol. The topological polar surface area (TPSA) is 95.8 Å². The first-order valence-electron chi connectivity index (χ1n) is 7.12. The van der Waals surface area contributed by atoms with Gasteiger partial charge in [0.2, 0.25) is 10.0 Å². The Balaban J connectivity index is 1.87. The summed E-state index contributed by atoms with van der Waals surface area (Å²) in [5.74, 6) is -1.26. The molecule has 122 valence electrons. The Morgan fingerprint density at radius 2 is 1.75 bits per heavy atom. The molecule has 0 saturated carbocycles. The van der Waals surface area contributed by atoms with Crippen LogP contribution in [-0.2, 0) is 14.8 Å². The van der Waals surface area contributed by atoms with Gasteiger partial charge >= 0.3 is 5.97 Å². The number of nitrogens with one attached hydrogen (secondary N) is 1. The van der Waals surface area contributed by atoms with Crippen LogP contribution in [-0.4, -0.2) is 25.2 Å². The number of carbonyl (C=O) groups is 1. The summed E-state index contributed by atoms with van der Waals surface area (Å²) in [5.41, 5.74) is 1.45. The Morgan fingerprint density at radius 3 is 2.46 bits per heavy atom. The van der Waals surface area contributed by atoms with Crippen molar-refractivity contribution < 1.29 is 18.3 Å². The third-order valence-corrected chi connectivity index (χ3v) is 4.56. The van der Waals surface area contributed by atoms with Crippen molar-refractivity contribution in [2.75, 3.05) is 0 Å². The van der Waals surface area contributed by atoms with E-state index in [1.165, 1.54) is 6.08 Å². The van der Waals surface area contributed by atoms with Crippen LogP contribution >= 0.6 is 0 Å². The third-order valence-electron chi connectivity index (χ3n) is 3.50. The van der Waals surface area contributed by atoms with E-state index in [1.54, 1.807) is 48.5 Å². The van der Waals surface area contributed by atoms with E-state index in [0.29, 0.717) is 11.3 Å². The summed E-state index contributed by atoms with van der Waals surface area (Å²) in [6, 6.07) is 14.7. The third kappa shape index (κ3) is 3.42. The van der Waals surface area contributed by atoms with Crippen molar-refractivity contribution in [1.82, 2.24) is 4.72 Å². The van der Waals surface area contributed by atoms with Crippen LogP contribution in [0, 0.1) is 0 Å². The van der Waals surface area contributed by atoms with Gasteiger partial charge in [-0.15, -0.1) is 0 Å². The predicted octanol–water partition coefficient (Wildman–Crippen LogP) is 2.49. The molecule has 0 saturated heterocycles. The van der Waals surface area contributed by atoms with E-state index in [2.05, 4.69) is 9.71 Å². The molecule has 3 rings (SSSR count). The zero-order chi connectivity index (χ0) is 17.2. The smallest absolute Gasteiger partial charge is 0.352 e. The second kappa shape index (κ2) is 6.38. The molecule has 1 aliphatic heterocycles. The SMILES string of the molecule is O=C(O)C1=Nc2ccccc2C1NS(=O)(=O)C=Cc1ccccc1. The lowest BCUT2D eigenvalue weighted by Gasteiger charge is -2.13. The average molecular weight is 342 g/mol. The van der Waals surface area contributed by atoms with E-state index in [1.807, 2.05) is 6.07 Å². The van der Waals surface area contributed by atoms with Crippen LogP contribution in [0.2, 0.25) is 0 Å². The molecule has 1 atom stereocenters. The van der Waals surface area contributed by atoms with Crippen molar-refractivity contribution in [3.05, 3.63) is 71.1 Å². The van der Waals surface area contributed by atoms with Gasteiger partial charge in [0.05, 0.1) is 11.7 Å². The van der Waals surface area contributed by atoms with E-state index >= 15 is 0 Å². The normalized spacial score (nSPS) is 16.8. The second-order valence-corrected chi connectivity index (χ2v) is 6.77. The lowest BCUT2D eigenvalue weighted by atomic mass is 10.1. The van der Waals surface area contributed by atoms with Crippen LogP contribution in [0.1, 0.15) is 17.2 Å². The average Bonchev–Trinajstić information content (AvgIpc) is 2.93. The first kappa shape index (κ1) is 16.1. The summed E-state index contributed by atoms with van der Waals surface area (Å²) < 4.78 is 27.0. The summed E-state index contributed by atoms with van der Waals surface area (Å²) in [4.78, 5) is 15.4. The van der Waals surface area contributed by atoms with Crippen LogP contribution in [0.25, 0.3) is 6.08 Å². The van der Waals surface area contributed by atoms with Crippen LogP contribution in [0.4, 0.5) is 5.69 Å². The van der Waals surface area contributed by atoms with Crippen LogP contribution < -0.4 is 4.72 Å². The number of sulfonamides is 1. The lowest BCUT2D eigenvalue weighted by Crippen LogP contribution is -2.34. The minimum atomic E-state index is -3.85. The largest absolute Gasteiger partial charge is 0.477 e. The number of benzene rings is 2. The summed E-state index contributed by atoms with van der Waals surface area (Å²) in [7, 11) is -3.85. The maximum Gasteiger partial charge on any atom is 0.352 e. The summed E-state index contributed by atoms with van der Waals surface area (Å²) in [6.07, 6.45) is 1.45. The number of hydrogen-bond acceptors (Lipinski definition) is 4. The number of para-hydroxylation sites is 1. The Bertz CT molecular complexity index is 934. The first-order chi connectivity index (χ1) is 11.5. The van der Waals surface area contributed by atoms with Crippen LogP contribution in [0.15, 0.2) is 65.0 Å². The molecule has 1 heterocycles. The van der Waals surface area contributed by atoms with Crippen molar-refractivity contribution >= 4 is 33.5 Å². The van der Waals surface area contributed by atoms with Gasteiger partial charge in [0, 0.05) is 11.0 Å². The fraction of sp³-hybridized carbons (Fsp3) is 0.0588. The molecule has 0 radical (unpaired) electrons. The minimum absolute atomic E-state index is 0.243. The van der Waals surface area contributed by atoms with Gasteiger partial charge in [-0.3, -0.25) is 0 Å². The Morgan fingerprint density at radius 1 is 1.08 bits per heavy atom. The molecule has 0 aliphatic carbocycles. The van der Waals surface area contributed by atoms with Crippen molar-refractivity contribution in [3.63, 3.8) is 0 Å². The first-order valence-corrected chi connectivity index (χ1v) is 8.67. The van der Waals surface area contributed by atoms with Gasteiger partial charge in [-0.05, 0) is 17.7 Å². The highest BCUT2D eigenvalue weighted by Gasteiger charge is 2.33. The summed E-state index contributed by atoms with van der Waals surface area (Å²) >= 11 is 0. The Kier molecular flexibility index (Phi) is 4.28. The zero-order valence-electron chi connectivity index (χ0n) is 12.5.